The van der Waals surface area contributed by atoms with Gasteiger partial charge in [0.2, 0.25) is 5.75 Å². The molecule has 0 N–H and O–H groups in total. The van der Waals surface area contributed by atoms with E-state index in [1.165, 1.54) is 30.8 Å². The fourth-order valence-corrected chi connectivity index (χ4v) is 4.04. The predicted octanol–water partition coefficient (Wildman–Crippen LogP) is 1.77. The average Bonchev–Trinajstić information content (AvgIpc) is 2.38. The van der Waals surface area contributed by atoms with Crippen LogP contribution in [0.3, 0.4) is 0 Å². The van der Waals surface area contributed by atoms with Gasteiger partial charge in [0, 0.05) is 0 Å². The SMILES string of the molecule is CC(C)OCCOCCOC(=O)C[S+]1CCCCC1. The lowest BCUT2D eigenvalue weighted by Gasteiger charge is -2.13. The van der Waals surface area contributed by atoms with Crippen LogP contribution in [0.25, 0.3) is 0 Å². The zero-order valence-electron chi connectivity index (χ0n) is 12.2. The summed E-state index contributed by atoms with van der Waals surface area (Å²) in [7, 11) is 0.274. The van der Waals surface area contributed by atoms with Crippen LogP contribution in [0.5, 0.6) is 0 Å². The molecule has 0 radical (unpaired) electrons. The highest BCUT2D eigenvalue weighted by Crippen LogP contribution is 2.13. The van der Waals surface area contributed by atoms with E-state index in [1.54, 1.807) is 0 Å². The van der Waals surface area contributed by atoms with Gasteiger partial charge in [0.15, 0.2) is 0 Å². The molecule has 0 aromatic rings. The fourth-order valence-electron chi connectivity index (χ4n) is 1.90. The number of carbonyl (C=O) groups is 1. The summed E-state index contributed by atoms with van der Waals surface area (Å²) in [6, 6.07) is 0. The third-order valence-corrected chi connectivity index (χ3v) is 5.23. The van der Waals surface area contributed by atoms with Gasteiger partial charge in [-0.15, -0.1) is 0 Å². The van der Waals surface area contributed by atoms with Gasteiger partial charge in [-0.05, 0) is 44.0 Å². The van der Waals surface area contributed by atoms with Crippen LogP contribution in [0.2, 0.25) is 0 Å². The lowest BCUT2D eigenvalue weighted by molar-refractivity contribution is -0.142. The summed E-state index contributed by atoms with van der Waals surface area (Å²) in [5, 5.41) is 0. The molecule has 1 fully saturated rings. The summed E-state index contributed by atoms with van der Waals surface area (Å²) in [4.78, 5) is 11.6. The fraction of sp³-hybridized carbons (Fsp3) is 0.929. The smallest absolute Gasteiger partial charge is 0.356 e. The second-order valence-corrected chi connectivity index (χ2v) is 7.31. The zero-order chi connectivity index (χ0) is 13.9. The minimum atomic E-state index is -0.0627. The van der Waals surface area contributed by atoms with Crippen LogP contribution in [0.1, 0.15) is 33.1 Å². The first kappa shape index (κ1) is 16.8. The third kappa shape index (κ3) is 9.30. The highest BCUT2D eigenvalue weighted by Gasteiger charge is 2.25. The number of hydrogen-bond donors (Lipinski definition) is 0. The van der Waals surface area contributed by atoms with E-state index < -0.39 is 0 Å². The molecule has 0 aliphatic carbocycles. The summed E-state index contributed by atoms with van der Waals surface area (Å²) in [5.41, 5.74) is 0. The first-order valence-corrected chi connectivity index (χ1v) is 8.90. The number of carbonyl (C=O) groups excluding carboxylic acids is 1. The average molecular weight is 291 g/mol. The Balaban J connectivity index is 1.89. The van der Waals surface area contributed by atoms with Gasteiger partial charge in [-0.25, -0.2) is 4.79 Å². The molecule has 1 heterocycles. The Morgan fingerprint density at radius 3 is 2.42 bits per heavy atom. The summed E-state index contributed by atoms with van der Waals surface area (Å²) in [6.45, 7) is 5.95. The monoisotopic (exact) mass is 291 g/mol. The largest absolute Gasteiger partial charge is 0.460 e. The maximum Gasteiger partial charge on any atom is 0.356 e. The number of rotatable bonds is 9. The standard InChI is InChI=1S/C14H27O4S/c1-13(2)17-8-6-16-7-9-18-14(15)12-19-10-4-3-5-11-19/h13H,3-12H2,1-2H3/q+1. The molecular weight excluding hydrogens is 264 g/mol. The molecule has 4 nitrogen and oxygen atoms in total. The molecule has 1 aliphatic heterocycles. The highest BCUT2D eigenvalue weighted by molar-refractivity contribution is 7.97. The number of hydrogen-bond acceptors (Lipinski definition) is 4. The second-order valence-electron chi connectivity index (χ2n) is 4.98. The maximum atomic E-state index is 11.6. The predicted molar refractivity (Wildman–Crippen MR) is 78.7 cm³/mol. The van der Waals surface area contributed by atoms with Crippen molar-refractivity contribution in [2.24, 2.45) is 0 Å². The number of ether oxygens (including phenoxy) is 3. The first-order chi connectivity index (χ1) is 9.18. The van der Waals surface area contributed by atoms with Crippen molar-refractivity contribution in [1.29, 1.82) is 0 Å². The minimum absolute atomic E-state index is 0.0627. The van der Waals surface area contributed by atoms with Gasteiger partial charge in [-0.1, -0.05) is 0 Å². The van der Waals surface area contributed by atoms with Crippen LogP contribution in [0.15, 0.2) is 0 Å². The van der Waals surface area contributed by atoms with Crippen molar-refractivity contribution in [3.63, 3.8) is 0 Å². The van der Waals surface area contributed by atoms with Gasteiger partial charge in [-0.3, -0.25) is 0 Å². The van der Waals surface area contributed by atoms with Crippen LogP contribution < -0.4 is 0 Å². The van der Waals surface area contributed by atoms with Gasteiger partial charge in [0.25, 0.3) is 0 Å². The molecule has 5 heteroatoms. The van der Waals surface area contributed by atoms with Crippen molar-refractivity contribution in [2.75, 3.05) is 43.7 Å². The molecule has 1 rings (SSSR count). The molecular formula is C14H27O4S+. The van der Waals surface area contributed by atoms with E-state index in [0.717, 1.165) is 0 Å². The lowest BCUT2D eigenvalue weighted by atomic mass is 10.3. The molecule has 1 aliphatic rings. The molecule has 0 atom stereocenters. The van der Waals surface area contributed by atoms with Crippen molar-refractivity contribution in [1.82, 2.24) is 0 Å². The Hall–Kier alpha value is -0.260. The van der Waals surface area contributed by atoms with Gasteiger partial charge < -0.3 is 14.2 Å². The Labute approximate surface area is 119 Å². The van der Waals surface area contributed by atoms with Crippen molar-refractivity contribution >= 4 is 16.9 Å². The summed E-state index contributed by atoms with van der Waals surface area (Å²) in [6.07, 6.45) is 4.10. The zero-order valence-corrected chi connectivity index (χ0v) is 13.0. The number of esters is 1. The van der Waals surface area contributed by atoms with Crippen LogP contribution >= 0.6 is 0 Å². The Morgan fingerprint density at radius 2 is 1.74 bits per heavy atom. The van der Waals surface area contributed by atoms with Crippen molar-refractivity contribution in [2.45, 2.75) is 39.2 Å². The van der Waals surface area contributed by atoms with E-state index in [2.05, 4.69) is 0 Å². The molecule has 0 saturated carbocycles. The molecule has 0 spiro atoms. The minimum Gasteiger partial charge on any atom is -0.460 e. The molecule has 0 aromatic carbocycles. The van der Waals surface area contributed by atoms with Gasteiger partial charge in [0.05, 0.1) is 25.9 Å². The maximum absolute atomic E-state index is 11.6. The normalized spacial score (nSPS) is 16.8. The molecule has 112 valence electrons. The molecule has 1 saturated heterocycles. The van der Waals surface area contributed by atoms with Gasteiger partial charge in [0.1, 0.15) is 18.1 Å². The quantitative estimate of drug-likeness (QED) is 0.369. The first-order valence-electron chi connectivity index (χ1n) is 7.17. The highest BCUT2D eigenvalue weighted by atomic mass is 32.2. The van der Waals surface area contributed by atoms with E-state index in [0.29, 0.717) is 32.2 Å². The van der Waals surface area contributed by atoms with Gasteiger partial charge >= 0.3 is 5.97 Å². The molecule has 0 unspecified atom stereocenters. The van der Waals surface area contributed by atoms with E-state index in [-0.39, 0.29) is 23.0 Å². The van der Waals surface area contributed by atoms with Crippen LogP contribution in [0, 0.1) is 0 Å². The third-order valence-electron chi connectivity index (χ3n) is 2.86. The molecule has 0 amide bonds. The summed E-state index contributed by atoms with van der Waals surface area (Å²) >= 11 is 0. The Kier molecular flexibility index (Phi) is 9.30. The lowest BCUT2D eigenvalue weighted by Crippen LogP contribution is -2.27. The van der Waals surface area contributed by atoms with E-state index in [9.17, 15) is 4.79 Å². The Morgan fingerprint density at radius 1 is 1.05 bits per heavy atom. The van der Waals surface area contributed by atoms with E-state index in [4.69, 9.17) is 14.2 Å². The Bertz CT molecular complexity index is 240. The molecule has 0 aromatic heterocycles. The van der Waals surface area contributed by atoms with Crippen molar-refractivity contribution < 1.29 is 19.0 Å². The van der Waals surface area contributed by atoms with Crippen LogP contribution in [0.4, 0.5) is 0 Å². The molecule has 0 bridgehead atoms. The topological polar surface area (TPSA) is 44.8 Å². The summed E-state index contributed by atoms with van der Waals surface area (Å²) in [5.74, 6) is 2.96. The van der Waals surface area contributed by atoms with Crippen LogP contribution in [-0.2, 0) is 29.9 Å². The van der Waals surface area contributed by atoms with Gasteiger partial charge in [-0.2, -0.15) is 0 Å². The van der Waals surface area contributed by atoms with Crippen molar-refractivity contribution in [3.8, 4) is 0 Å². The van der Waals surface area contributed by atoms with Crippen LogP contribution in [-0.4, -0.2) is 55.8 Å². The molecule has 19 heavy (non-hydrogen) atoms. The second kappa shape index (κ2) is 10.5. The summed E-state index contributed by atoms with van der Waals surface area (Å²) < 4.78 is 15.8. The van der Waals surface area contributed by atoms with Crippen molar-refractivity contribution in [3.05, 3.63) is 0 Å². The van der Waals surface area contributed by atoms with E-state index >= 15 is 0 Å². The van der Waals surface area contributed by atoms with E-state index in [1.807, 2.05) is 13.8 Å².